The monoisotopic (exact) mass is 381 g/mol. The minimum Gasteiger partial charge on any atom is -0.494 e. The van der Waals surface area contributed by atoms with Crippen LogP contribution in [0.3, 0.4) is 0 Å². The highest BCUT2D eigenvalue weighted by molar-refractivity contribution is 5.46. The quantitative estimate of drug-likeness (QED) is 0.711. The molecule has 1 aliphatic rings. The second-order valence-corrected chi connectivity index (χ2v) is 7.24. The fourth-order valence-electron chi connectivity index (χ4n) is 3.71. The van der Waals surface area contributed by atoms with Crippen molar-refractivity contribution in [3.8, 4) is 11.4 Å². The first kappa shape index (κ1) is 18.7. The second kappa shape index (κ2) is 8.16. The molecular formula is C21H27N5O2. The van der Waals surface area contributed by atoms with Crippen molar-refractivity contribution in [1.29, 1.82) is 0 Å². The van der Waals surface area contributed by atoms with Crippen LogP contribution in [0, 0.1) is 0 Å². The standard InChI is InChI=1S/C21H27N5O2/c1-3-20(27)18-11-17-15-24(9-6-10-25(17)23-18)13-16-12-22-26(14-16)19-7-4-5-8-21(19)28-2/h4-5,7-8,11-12,14,20,27H,3,6,9-10,13,15H2,1-2H3/t20-/m1/s1. The Morgan fingerprint density at radius 2 is 2.11 bits per heavy atom. The summed E-state index contributed by atoms with van der Waals surface area (Å²) in [7, 11) is 1.67. The van der Waals surface area contributed by atoms with E-state index in [0.29, 0.717) is 6.42 Å². The lowest BCUT2D eigenvalue weighted by molar-refractivity contribution is 0.167. The van der Waals surface area contributed by atoms with Crippen LogP contribution in [-0.2, 0) is 19.6 Å². The molecule has 1 aliphatic heterocycles. The van der Waals surface area contributed by atoms with E-state index < -0.39 is 6.10 Å². The molecule has 1 N–H and O–H groups in total. The van der Waals surface area contributed by atoms with Gasteiger partial charge in [-0.1, -0.05) is 19.1 Å². The summed E-state index contributed by atoms with van der Waals surface area (Å²) in [5.74, 6) is 0.804. The molecule has 0 saturated carbocycles. The zero-order valence-electron chi connectivity index (χ0n) is 16.5. The van der Waals surface area contributed by atoms with Gasteiger partial charge in [0.25, 0.3) is 0 Å². The largest absolute Gasteiger partial charge is 0.494 e. The summed E-state index contributed by atoms with van der Waals surface area (Å²) in [5.41, 5.74) is 4.04. The number of benzene rings is 1. The van der Waals surface area contributed by atoms with E-state index >= 15 is 0 Å². The van der Waals surface area contributed by atoms with E-state index in [1.807, 2.05) is 52.8 Å². The van der Waals surface area contributed by atoms with Crippen LogP contribution in [-0.4, -0.2) is 43.2 Å². The van der Waals surface area contributed by atoms with Gasteiger partial charge in [0.1, 0.15) is 11.4 Å². The van der Waals surface area contributed by atoms with Crippen LogP contribution < -0.4 is 4.74 Å². The zero-order valence-corrected chi connectivity index (χ0v) is 16.5. The molecule has 3 aromatic rings. The molecule has 0 unspecified atom stereocenters. The van der Waals surface area contributed by atoms with Crippen LogP contribution in [0.15, 0.2) is 42.7 Å². The predicted octanol–water partition coefficient (Wildman–Crippen LogP) is 2.93. The van der Waals surface area contributed by atoms with E-state index in [4.69, 9.17) is 4.74 Å². The van der Waals surface area contributed by atoms with E-state index in [1.54, 1.807) is 7.11 Å². The summed E-state index contributed by atoms with van der Waals surface area (Å²) in [4.78, 5) is 2.41. The van der Waals surface area contributed by atoms with E-state index in [2.05, 4.69) is 21.3 Å². The molecule has 28 heavy (non-hydrogen) atoms. The average Bonchev–Trinajstić information content (AvgIpc) is 3.30. The smallest absolute Gasteiger partial charge is 0.144 e. The van der Waals surface area contributed by atoms with E-state index in [-0.39, 0.29) is 0 Å². The molecule has 1 atom stereocenters. The Balaban J connectivity index is 1.49. The molecule has 7 heteroatoms. The lowest BCUT2D eigenvalue weighted by Gasteiger charge is -2.18. The Kier molecular flexibility index (Phi) is 5.45. The van der Waals surface area contributed by atoms with Crippen molar-refractivity contribution >= 4 is 0 Å². The molecule has 0 bridgehead atoms. The third-order valence-electron chi connectivity index (χ3n) is 5.21. The first-order chi connectivity index (χ1) is 13.7. The number of fused-ring (bicyclic) bond motifs is 1. The normalized spacial score (nSPS) is 15.8. The number of aryl methyl sites for hydroxylation is 1. The fourth-order valence-corrected chi connectivity index (χ4v) is 3.71. The molecule has 3 heterocycles. The molecule has 148 valence electrons. The van der Waals surface area contributed by atoms with Crippen LogP contribution in [0.2, 0.25) is 0 Å². The van der Waals surface area contributed by atoms with E-state index in [9.17, 15) is 5.11 Å². The number of nitrogens with zero attached hydrogens (tertiary/aromatic N) is 5. The highest BCUT2D eigenvalue weighted by Gasteiger charge is 2.19. The number of ether oxygens (including phenoxy) is 1. The molecule has 0 aliphatic carbocycles. The maximum absolute atomic E-state index is 10.1. The summed E-state index contributed by atoms with van der Waals surface area (Å²) < 4.78 is 9.36. The third-order valence-corrected chi connectivity index (χ3v) is 5.21. The third kappa shape index (κ3) is 3.81. The molecule has 2 aromatic heterocycles. The predicted molar refractivity (Wildman–Crippen MR) is 106 cm³/mol. The number of methoxy groups -OCH3 is 1. The van der Waals surface area contributed by atoms with Crippen molar-refractivity contribution in [2.45, 2.75) is 45.5 Å². The van der Waals surface area contributed by atoms with Crippen molar-refractivity contribution in [3.05, 3.63) is 59.7 Å². The lowest BCUT2D eigenvalue weighted by atomic mass is 10.2. The van der Waals surface area contributed by atoms with Gasteiger partial charge in [-0.05, 0) is 31.0 Å². The first-order valence-electron chi connectivity index (χ1n) is 9.82. The van der Waals surface area contributed by atoms with Crippen LogP contribution in [0.4, 0.5) is 0 Å². The fraction of sp³-hybridized carbons (Fsp3) is 0.429. The first-order valence-corrected chi connectivity index (χ1v) is 9.82. The molecule has 1 aromatic carbocycles. The number of para-hydroxylation sites is 2. The summed E-state index contributed by atoms with van der Waals surface area (Å²) in [5, 5.41) is 19.2. The molecule has 0 fully saturated rings. The van der Waals surface area contributed by atoms with Gasteiger partial charge in [-0.15, -0.1) is 0 Å². The highest BCUT2D eigenvalue weighted by atomic mass is 16.5. The topological polar surface area (TPSA) is 68.3 Å². The SMILES string of the molecule is CC[C@@H](O)c1cc2n(n1)CCCN(Cc1cnn(-c3ccccc3OC)c1)C2. The maximum Gasteiger partial charge on any atom is 0.144 e. The summed E-state index contributed by atoms with van der Waals surface area (Å²) in [6.07, 6.45) is 5.22. The number of hydrogen-bond donors (Lipinski definition) is 1. The maximum atomic E-state index is 10.1. The Morgan fingerprint density at radius 3 is 2.93 bits per heavy atom. The van der Waals surface area contributed by atoms with Crippen molar-refractivity contribution in [1.82, 2.24) is 24.5 Å². The van der Waals surface area contributed by atoms with Crippen LogP contribution in [0.5, 0.6) is 5.75 Å². The van der Waals surface area contributed by atoms with Gasteiger partial charge in [0, 0.05) is 37.9 Å². The summed E-state index contributed by atoms with van der Waals surface area (Å²) >= 11 is 0. The van der Waals surface area contributed by atoms with Gasteiger partial charge in [0.15, 0.2) is 0 Å². The Labute approximate surface area is 165 Å². The van der Waals surface area contributed by atoms with Crippen molar-refractivity contribution in [2.24, 2.45) is 0 Å². The van der Waals surface area contributed by atoms with Gasteiger partial charge in [-0.25, -0.2) is 4.68 Å². The molecular weight excluding hydrogens is 354 g/mol. The van der Waals surface area contributed by atoms with Gasteiger partial charge in [-0.2, -0.15) is 10.2 Å². The Bertz CT molecular complexity index is 933. The van der Waals surface area contributed by atoms with Gasteiger partial charge < -0.3 is 9.84 Å². The highest BCUT2D eigenvalue weighted by Crippen LogP contribution is 2.23. The van der Waals surface area contributed by atoms with Gasteiger partial charge in [0.05, 0.1) is 30.8 Å². The number of hydrogen-bond acceptors (Lipinski definition) is 5. The van der Waals surface area contributed by atoms with Gasteiger partial charge in [0.2, 0.25) is 0 Å². The molecule has 4 rings (SSSR count). The van der Waals surface area contributed by atoms with E-state index in [0.717, 1.165) is 61.0 Å². The minimum atomic E-state index is -0.480. The lowest BCUT2D eigenvalue weighted by Crippen LogP contribution is -2.22. The van der Waals surface area contributed by atoms with Gasteiger partial charge in [-0.3, -0.25) is 9.58 Å². The number of aromatic nitrogens is 4. The van der Waals surface area contributed by atoms with Crippen LogP contribution >= 0.6 is 0 Å². The number of aliphatic hydroxyl groups is 1. The van der Waals surface area contributed by atoms with Crippen molar-refractivity contribution < 1.29 is 9.84 Å². The molecule has 0 saturated heterocycles. The van der Waals surface area contributed by atoms with Crippen molar-refractivity contribution in [3.63, 3.8) is 0 Å². The van der Waals surface area contributed by atoms with Crippen LogP contribution in [0.1, 0.15) is 42.8 Å². The number of aliphatic hydroxyl groups excluding tert-OH is 1. The summed E-state index contributed by atoms with van der Waals surface area (Å²) in [6.45, 7) is 5.52. The van der Waals surface area contributed by atoms with Gasteiger partial charge >= 0.3 is 0 Å². The minimum absolute atomic E-state index is 0.480. The molecule has 0 amide bonds. The van der Waals surface area contributed by atoms with Crippen molar-refractivity contribution in [2.75, 3.05) is 13.7 Å². The Morgan fingerprint density at radius 1 is 1.25 bits per heavy atom. The molecule has 0 spiro atoms. The van der Waals surface area contributed by atoms with E-state index in [1.165, 1.54) is 0 Å². The second-order valence-electron chi connectivity index (χ2n) is 7.24. The average molecular weight is 381 g/mol. The molecule has 0 radical (unpaired) electrons. The summed E-state index contributed by atoms with van der Waals surface area (Å²) in [6, 6.07) is 9.93. The Hall–Kier alpha value is -2.64. The number of rotatable bonds is 6. The zero-order chi connectivity index (χ0) is 19.5. The van der Waals surface area contributed by atoms with Crippen LogP contribution in [0.25, 0.3) is 5.69 Å². The molecule has 7 nitrogen and oxygen atoms in total.